The van der Waals surface area contributed by atoms with Gasteiger partial charge in [0.15, 0.2) is 0 Å². The number of aryl methyl sites for hydroxylation is 1. The smallest absolute Gasteiger partial charge is 0.241 e. The molecule has 3 N–H and O–H groups in total. The standard InChI is InChI=1S/C15H23N3O2S/c1-2-11-3-4-12(16)9-15(11)21(19,20)17-13-7-8-18(10-13)14-5-6-14/h3-4,9,13-14,17H,2,5-8,10,16H2,1H3. The van der Waals surface area contributed by atoms with Crippen molar-refractivity contribution in [3.8, 4) is 0 Å². The Morgan fingerprint density at radius 1 is 1.33 bits per heavy atom. The number of sulfonamides is 1. The summed E-state index contributed by atoms with van der Waals surface area (Å²) in [6.45, 7) is 3.78. The van der Waals surface area contributed by atoms with Gasteiger partial charge >= 0.3 is 0 Å². The quantitative estimate of drug-likeness (QED) is 0.805. The average Bonchev–Trinajstić information content (AvgIpc) is 3.20. The highest BCUT2D eigenvalue weighted by Crippen LogP contribution is 2.30. The number of nitrogen functional groups attached to an aromatic ring is 1. The first-order valence-electron chi connectivity index (χ1n) is 7.64. The molecule has 2 aliphatic rings. The minimum Gasteiger partial charge on any atom is -0.399 e. The highest BCUT2D eigenvalue weighted by Gasteiger charge is 2.36. The summed E-state index contributed by atoms with van der Waals surface area (Å²) in [4.78, 5) is 2.72. The Kier molecular flexibility index (Phi) is 3.94. The summed E-state index contributed by atoms with van der Waals surface area (Å²) < 4.78 is 28.1. The Morgan fingerprint density at radius 2 is 2.10 bits per heavy atom. The van der Waals surface area contributed by atoms with Crippen molar-refractivity contribution in [1.82, 2.24) is 9.62 Å². The van der Waals surface area contributed by atoms with Crippen LogP contribution in [0.2, 0.25) is 0 Å². The first-order chi connectivity index (χ1) is 9.99. The molecule has 1 aliphatic heterocycles. The second-order valence-electron chi connectivity index (χ2n) is 6.05. The SMILES string of the molecule is CCc1ccc(N)cc1S(=O)(=O)NC1CCN(C2CC2)C1. The first-order valence-corrected chi connectivity index (χ1v) is 9.12. The number of rotatable bonds is 5. The molecule has 1 heterocycles. The number of anilines is 1. The molecule has 0 bridgehead atoms. The third-order valence-electron chi connectivity index (χ3n) is 4.37. The van der Waals surface area contributed by atoms with Crippen LogP contribution < -0.4 is 10.5 Å². The van der Waals surface area contributed by atoms with Crippen molar-refractivity contribution < 1.29 is 8.42 Å². The lowest BCUT2D eigenvalue weighted by atomic mass is 10.1. The van der Waals surface area contributed by atoms with E-state index in [1.807, 2.05) is 6.92 Å². The van der Waals surface area contributed by atoms with Crippen molar-refractivity contribution in [2.45, 2.75) is 49.6 Å². The summed E-state index contributed by atoms with van der Waals surface area (Å²) in [5.41, 5.74) is 7.06. The van der Waals surface area contributed by atoms with Gasteiger partial charge < -0.3 is 5.73 Å². The lowest BCUT2D eigenvalue weighted by Crippen LogP contribution is -2.37. The van der Waals surface area contributed by atoms with Gasteiger partial charge in [0.05, 0.1) is 4.90 Å². The number of nitrogens with zero attached hydrogens (tertiary/aromatic N) is 1. The molecule has 2 fully saturated rings. The lowest BCUT2D eigenvalue weighted by molar-refractivity contribution is 0.322. The van der Waals surface area contributed by atoms with Crippen LogP contribution in [0, 0.1) is 0 Å². The van der Waals surface area contributed by atoms with Crippen LogP contribution in [0.15, 0.2) is 23.1 Å². The van der Waals surface area contributed by atoms with Crippen LogP contribution in [0.25, 0.3) is 0 Å². The fraction of sp³-hybridized carbons (Fsp3) is 0.600. The molecule has 5 nitrogen and oxygen atoms in total. The van der Waals surface area contributed by atoms with Crippen molar-refractivity contribution in [3.05, 3.63) is 23.8 Å². The molecule has 1 atom stereocenters. The fourth-order valence-corrected chi connectivity index (χ4v) is 4.66. The van der Waals surface area contributed by atoms with Gasteiger partial charge in [-0.3, -0.25) is 4.90 Å². The first kappa shape index (κ1) is 14.8. The van der Waals surface area contributed by atoms with E-state index in [-0.39, 0.29) is 6.04 Å². The molecule has 1 aromatic carbocycles. The van der Waals surface area contributed by atoms with Crippen molar-refractivity contribution in [2.24, 2.45) is 0 Å². The van der Waals surface area contributed by atoms with Crippen molar-refractivity contribution in [2.75, 3.05) is 18.8 Å². The maximum Gasteiger partial charge on any atom is 0.241 e. The number of nitrogens with one attached hydrogen (secondary N) is 1. The minimum absolute atomic E-state index is 0.0155. The number of hydrogen-bond acceptors (Lipinski definition) is 4. The Labute approximate surface area is 126 Å². The molecule has 0 spiro atoms. The third-order valence-corrected chi connectivity index (χ3v) is 5.97. The number of nitrogens with two attached hydrogens (primary N) is 1. The largest absolute Gasteiger partial charge is 0.399 e. The van der Waals surface area contributed by atoms with Crippen LogP contribution in [0.1, 0.15) is 31.7 Å². The van der Waals surface area contributed by atoms with E-state index in [1.165, 1.54) is 12.8 Å². The normalized spacial score (nSPS) is 23.6. The number of hydrogen-bond donors (Lipinski definition) is 2. The summed E-state index contributed by atoms with van der Waals surface area (Å²) >= 11 is 0. The van der Waals surface area contributed by atoms with Gasteiger partial charge in [-0.1, -0.05) is 13.0 Å². The van der Waals surface area contributed by atoms with Crippen LogP contribution in [-0.2, 0) is 16.4 Å². The maximum absolute atomic E-state index is 12.6. The van der Waals surface area contributed by atoms with Crippen LogP contribution in [-0.4, -0.2) is 38.5 Å². The Balaban J connectivity index is 1.76. The second-order valence-corrected chi connectivity index (χ2v) is 7.74. The molecule has 1 saturated heterocycles. The molecule has 6 heteroatoms. The lowest BCUT2D eigenvalue weighted by Gasteiger charge is -2.17. The van der Waals surface area contributed by atoms with Gasteiger partial charge in [-0.15, -0.1) is 0 Å². The van der Waals surface area contributed by atoms with Crippen LogP contribution in [0.3, 0.4) is 0 Å². The van der Waals surface area contributed by atoms with E-state index < -0.39 is 10.0 Å². The molecule has 1 saturated carbocycles. The van der Waals surface area contributed by atoms with Gasteiger partial charge in [-0.25, -0.2) is 13.1 Å². The van der Waals surface area contributed by atoms with Crippen LogP contribution in [0.4, 0.5) is 5.69 Å². The molecule has 116 valence electrons. The monoisotopic (exact) mass is 309 g/mol. The highest BCUT2D eigenvalue weighted by molar-refractivity contribution is 7.89. The van der Waals surface area contributed by atoms with E-state index in [4.69, 9.17) is 5.73 Å². The van der Waals surface area contributed by atoms with Gasteiger partial charge in [-0.2, -0.15) is 0 Å². The van der Waals surface area contributed by atoms with E-state index in [0.29, 0.717) is 23.0 Å². The zero-order chi connectivity index (χ0) is 15.0. The van der Waals surface area contributed by atoms with Gasteiger partial charge in [0.25, 0.3) is 0 Å². The van der Waals surface area contributed by atoms with Crippen LogP contribution in [0.5, 0.6) is 0 Å². The summed E-state index contributed by atoms with van der Waals surface area (Å²) in [7, 11) is -3.49. The van der Waals surface area contributed by atoms with Crippen molar-refractivity contribution >= 4 is 15.7 Å². The summed E-state index contributed by atoms with van der Waals surface area (Å²) in [6.07, 6.45) is 4.08. The molecule has 0 radical (unpaired) electrons. The maximum atomic E-state index is 12.6. The van der Waals surface area contributed by atoms with E-state index in [1.54, 1.807) is 18.2 Å². The molecule has 0 amide bonds. The molecular formula is C15H23N3O2S. The summed E-state index contributed by atoms with van der Waals surface area (Å²) in [6, 6.07) is 5.83. The van der Waals surface area contributed by atoms with Gasteiger partial charge in [0, 0.05) is 30.9 Å². The van der Waals surface area contributed by atoms with Gasteiger partial charge in [0.1, 0.15) is 0 Å². The average molecular weight is 309 g/mol. The Hall–Kier alpha value is -1.11. The van der Waals surface area contributed by atoms with Crippen LogP contribution >= 0.6 is 0 Å². The fourth-order valence-electron chi connectivity index (χ4n) is 3.05. The molecule has 0 aromatic heterocycles. The van der Waals surface area contributed by atoms with Crippen molar-refractivity contribution in [1.29, 1.82) is 0 Å². The third kappa shape index (κ3) is 3.22. The predicted octanol–water partition coefficient (Wildman–Crippen LogP) is 1.35. The van der Waals surface area contributed by atoms with E-state index in [9.17, 15) is 8.42 Å². The molecule has 1 unspecified atom stereocenters. The molecule has 3 rings (SSSR count). The van der Waals surface area contributed by atoms with E-state index in [0.717, 1.165) is 25.1 Å². The highest BCUT2D eigenvalue weighted by atomic mass is 32.2. The van der Waals surface area contributed by atoms with Gasteiger partial charge in [-0.05, 0) is 43.4 Å². The second kappa shape index (κ2) is 5.59. The predicted molar refractivity (Wildman–Crippen MR) is 83.6 cm³/mol. The summed E-state index contributed by atoms with van der Waals surface area (Å²) in [5, 5.41) is 0. The molecule has 1 aromatic rings. The summed E-state index contributed by atoms with van der Waals surface area (Å²) in [5.74, 6) is 0. The zero-order valence-corrected chi connectivity index (χ0v) is 13.2. The Morgan fingerprint density at radius 3 is 2.76 bits per heavy atom. The molecule has 1 aliphatic carbocycles. The topological polar surface area (TPSA) is 75.4 Å². The van der Waals surface area contributed by atoms with Crippen molar-refractivity contribution in [3.63, 3.8) is 0 Å². The molecule has 21 heavy (non-hydrogen) atoms. The molecular weight excluding hydrogens is 286 g/mol. The number of likely N-dealkylation sites (tertiary alicyclic amines) is 1. The van der Waals surface area contributed by atoms with Gasteiger partial charge in [0.2, 0.25) is 10.0 Å². The zero-order valence-electron chi connectivity index (χ0n) is 12.4. The van der Waals surface area contributed by atoms with E-state index >= 15 is 0 Å². The minimum atomic E-state index is -3.49. The Bertz CT molecular complexity index is 626. The number of benzene rings is 1. The van der Waals surface area contributed by atoms with E-state index in [2.05, 4.69) is 9.62 Å².